The summed E-state index contributed by atoms with van der Waals surface area (Å²) in [5.74, 6) is 2.52. The van der Waals surface area contributed by atoms with Crippen LogP contribution in [0.4, 0.5) is 0 Å². The summed E-state index contributed by atoms with van der Waals surface area (Å²) in [6.07, 6.45) is 1.41. The number of fused-ring (bicyclic) bond motifs is 1. The van der Waals surface area contributed by atoms with Crippen molar-refractivity contribution in [3.8, 4) is 11.5 Å². The molecule has 0 radical (unpaired) electrons. The van der Waals surface area contributed by atoms with Gasteiger partial charge in [0.2, 0.25) is 5.91 Å². The zero-order valence-electron chi connectivity index (χ0n) is 17.9. The third kappa shape index (κ3) is 3.46. The molecule has 1 atom stereocenters. The van der Waals surface area contributed by atoms with E-state index in [2.05, 4.69) is 53.8 Å². The van der Waals surface area contributed by atoms with E-state index < -0.39 is 0 Å². The molecular formula is C27H27NO3. The SMILES string of the molecule is COc1ccc(CC(=O)NC[C@H]2CC3c4ccccc4C2c2ccccc23)cc1OC. The molecule has 0 unspecified atom stereocenters. The molecule has 158 valence electrons. The average molecular weight is 414 g/mol. The number of carbonyl (C=O) groups excluding carboxylic acids is 1. The monoisotopic (exact) mass is 413 g/mol. The van der Waals surface area contributed by atoms with Crippen molar-refractivity contribution in [1.29, 1.82) is 0 Å². The van der Waals surface area contributed by atoms with Gasteiger partial charge < -0.3 is 14.8 Å². The van der Waals surface area contributed by atoms with Gasteiger partial charge in [-0.15, -0.1) is 0 Å². The lowest BCUT2D eigenvalue weighted by atomic mass is 9.59. The van der Waals surface area contributed by atoms with Gasteiger partial charge in [-0.3, -0.25) is 4.79 Å². The van der Waals surface area contributed by atoms with Crippen molar-refractivity contribution in [2.45, 2.75) is 24.7 Å². The third-order valence-corrected chi connectivity index (χ3v) is 6.80. The highest BCUT2D eigenvalue weighted by Crippen LogP contribution is 2.55. The van der Waals surface area contributed by atoms with Crippen molar-refractivity contribution in [2.24, 2.45) is 5.92 Å². The highest BCUT2D eigenvalue weighted by molar-refractivity contribution is 5.78. The van der Waals surface area contributed by atoms with Gasteiger partial charge in [-0.2, -0.15) is 0 Å². The summed E-state index contributed by atoms with van der Waals surface area (Å²) >= 11 is 0. The van der Waals surface area contributed by atoms with Crippen molar-refractivity contribution >= 4 is 5.91 Å². The van der Waals surface area contributed by atoms with E-state index in [1.807, 2.05) is 18.2 Å². The molecule has 2 bridgehead atoms. The van der Waals surface area contributed by atoms with Crippen LogP contribution in [0.25, 0.3) is 0 Å². The molecule has 3 aliphatic rings. The van der Waals surface area contributed by atoms with Gasteiger partial charge in [0.15, 0.2) is 11.5 Å². The van der Waals surface area contributed by atoms with Crippen LogP contribution < -0.4 is 14.8 Å². The summed E-state index contributed by atoms with van der Waals surface area (Å²) < 4.78 is 10.6. The molecule has 0 fully saturated rings. The first-order valence-corrected chi connectivity index (χ1v) is 10.8. The number of rotatable bonds is 6. The van der Waals surface area contributed by atoms with Crippen LogP contribution in [0.15, 0.2) is 66.7 Å². The zero-order valence-corrected chi connectivity index (χ0v) is 17.9. The summed E-state index contributed by atoms with van der Waals surface area (Å²) in [5.41, 5.74) is 6.68. The van der Waals surface area contributed by atoms with Gasteiger partial charge in [-0.25, -0.2) is 0 Å². The standard InChI is InChI=1S/C27H27NO3/c1-30-24-12-11-17(13-25(24)31-2)14-26(29)28-16-18-15-23-19-7-3-5-9-21(19)27(18)22-10-6-4-8-20(22)23/h3-13,18,23,27H,14-16H2,1-2H3,(H,28,29)/t18-,23?,27?/m1/s1. The van der Waals surface area contributed by atoms with E-state index in [9.17, 15) is 4.79 Å². The number of benzene rings is 3. The first kappa shape index (κ1) is 19.7. The lowest BCUT2D eigenvalue weighted by molar-refractivity contribution is -0.120. The Morgan fingerprint density at radius 3 is 2.10 bits per heavy atom. The fraction of sp³-hybridized carbons (Fsp3) is 0.296. The van der Waals surface area contributed by atoms with Crippen molar-refractivity contribution in [1.82, 2.24) is 5.32 Å². The van der Waals surface area contributed by atoms with Crippen LogP contribution in [0.3, 0.4) is 0 Å². The van der Waals surface area contributed by atoms with Gasteiger partial charge in [0.25, 0.3) is 0 Å². The summed E-state index contributed by atoms with van der Waals surface area (Å²) in [6.45, 7) is 0.690. The smallest absolute Gasteiger partial charge is 0.224 e. The molecule has 3 aromatic carbocycles. The number of nitrogens with one attached hydrogen (secondary N) is 1. The fourth-order valence-corrected chi connectivity index (χ4v) is 5.44. The minimum absolute atomic E-state index is 0.0373. The normalized spacial score (nSPS) is 20.5. The molecule has 0 spiro atoms. The minimum atomic E-state index is 0.0373. The molecule has 3 aliphatic carbocycles. The Morgan fingerprint density at radius 1 is 0.871 bits per heavy atom. The Labute approximate surface area is 183 Å². The van der Waals surface area contributed by atoms with Gasteiger partial charge >= 0.3 is 0 Å². The van der Waals surface area contributed by atoms with Gasteiger partial charge in [-0.1, -0.05) is 54.6 Å². The summed E-state index contributed by atoms with van der Waals surface area (Å²) in [5, 5.41) is 3.20. The topological polar surface area (TPSA) is 47.6 Å². The highest BCUT2D eigenvalue weighted by Gasteiger charge is 2.42. The van der Waals surface area contributed by atoms with Gasteiger partial charge in [0, 0.05) is 18.4 Å². The maximum Gasteiger partial charge on any atom is 0.224 e. The fourth-order valence-electron chi connectivity index (χ4n) is 5.44. The van der Waals surface area contributed by atoms with Crippen molar-refractivity contribution in [2.75, 3.05) is 20.8 Å². The number of methoxy groups -OCH3 is 2. The van der Waals surface area contributed by atoms with E-state index in [0.717, 1.165) is 12.0 Å². The van der Waals surface area contributed by atoms with E-state index in [1.54, 1.807) is 14.2 Å². The number of hydrogen-bond donors (Lipinski definition) is 1. The van der Waals surface area contributed by atoms with Gasteiger partial charge in [-0.05, 0) is 52.3 Å². The lowest BCUT2D eigenvalue weighted by Crippen LogP contribution is -2.39. The molecule has 4 heteroatoms. The second-order valence-electron chi connectivity index (χ2n) is 8.45. The van der Waals surface area contributed by atoms with Crippen LogP contribution in [0.2, 0.25) is 0 Å². The predicted molar refractivity (Wildman–Crippen MR) is 121 cm³/mol. The summed E-state index contributed by atoms with van der Waals surface area (Å²) in [6, 6.07) is 23.2. The third-order valence-electron chi connectivity index (χ3n) is 6.80. The molecular weight excluding hydrogens is 386 g/mol. The van der Waals surface area contributed by atoms with Crippen LogP contribution in [0.1, 0.15) is 46.1 Å². The molecule has 0 aromatic heterocycles. The summed E-state index contributed by atoms with van der Waals surface area (Å²) in [4.78, 5) is 12.7. The maximum atomic E-state index is 12.7. The number of amides is 1. The Hall–Kier alpha value is -3.27. The van der Waals surface area contributed by atoms with Crippen LogP contribution >= 0.6 is 0 Å². The predicted octanol–water partition coefficient (Wildman–Crippen LogP) is 4.66. The van der Waals surface area contributed by atoms with Crippen LogP contribution in [0, 0.1) is 5.92 Å². The van der Waals surface area contributed by atoms with Crippen LogP contribution in [-0.4, -0.2) is 26.7 Å². The molecule has 1 amide bonds. The van der Waals surface area contributed by atoms with E-state index in [4.69, 9.17) is 9.47 Å². The van der Waals surface area contributed by atoms with E-state index >= 15 is 0 Å². The first-order valence-electron chi connectivity index (χ1n) is 10.8. The Balaban J connectivity index is 1.31. The van der Waals surface area contributed by atoms with Crippen molar-refractivity contribution in [3.05, 3.63) is 94.5 Å². The first-order chi connectivity index (χ1) is 15.2. The van der Waals surface area contributed by atoms with Crippen molar-refractivity contribution in [3.63, 3.8) is 0 Å². The van der Waals surface area contributed by atoms with Gasteiger partial charge in [0.05, 0.1) is 20.6 Å². The molecule has 4 nitrogen and oxygen atoms in total. The van der Waals surface area contributed by atoms with E-state index in [0.29, 0.717) is 42.2 Å². The molecule has 1 N–H and O–H groups in total. The maximum absolute atomic E-state index is 12.7. The largest absolute Gasteiger partial charge is 0.493 e. The van der Waals surface area contributed by atoms with Gasteiger partial charge in [0.1, 0.15) is 0 Å². The molecule has 0 saturated heterocycles. The Bertz CT molecular complexity index is 1080. The number of carbonyl (C=O) groups is 1. The highest BCUT2D eigenvalue weighted by atomic mass is 16.5. The molecule has 0 aliphatic heterocycles. The minimum Gasteiger partial charge on any atom is -0.493 e. The summed E-state index contributed by atoms with van der Waals surface area (Å²) in [7, 11) is 3.22. The molecule has 0 saturated carbocycles. The van der Waals surface area contributed by atoms with E-state index in [1.165, 1.54) is 22.3 Å². The Morgan fingerprint density at radius 2 is 1.48 bits per heavy atom. The zero-order chi connectivity index (χ0) is 21.4. The molecule has 6 rings (SSSR count). The average Bonchev–Trinajstić information content (AvgIpc) is 2.82. The lowest BCUT2D eigenvalue weighted by Gasteiger charge is -2.45. The molecule has 0 heterocycles. The van der Waals surface area contributed by atoms with E-state index in [-0.39, 0.29) is 5.91 Å². The molecule has 31 heavy (non-hydrogen) atoms. The second-order valence-corrected chi connectivity index (χ2v) is 8.45. The van der Waals surface area contributed by atoms with Crippen molar-refractivity contribution < 1.29 is 14.3 Å². The Kier molecular flexibility index (Phi) is 5.14. The quantitative estimate of drug-likeness (QED) is 0.639. The second kappa shape index (κ2) is 8.10. The number of ether oxygens (including phenoxy) is 2. The molecule has 3 aromatic rings. The van der Waals surface area contributed by atoms with Crippen LogP contribution in [0.5, 0.6) is 11.5 Å². The number of hydrogen-bond acceptors (Lipinski definition) is 3. The van der Waals surface area contributed by atoms with Crippen LogP contribution in [-0.2, 0) is 11.2 Å².